The average molecular weight is 385 g/mol. The van der Waals surface area contributed by atoms with Crippen LogP contribution in [-0.2, 0) is 13.1 Å². The molecule has 8 nitrogen and oxygen atoms in total. The number of Topliss-reactive ketones (excluding diaryl/α,β-unsaturated/α-hetero) is 1. The summed E-state index contributed by atoms with van der Waals surface area (Å²) in [5, 5.41) is 11.6. The summed E-state index contributed by atoms with van der Waals surface area (Å²) in [5.41, 5.74) is -0.842. The number of aromatic nitrogens is 2. The molecule has 8 heteroatoms. The Morgan fingerprint density at radius 2 is 1.61 bits per heavy atom. The Labute approximate surface area is 161 Å². The first-order chi connectivity index (χ1) is 13.3. The molecular weight excluding hydrogens is 362 g/mol. The lowest BCUT2D eigenvalue weighted by molar-refractivity contribution is -0.387. The molecule has 0 unspecified atom stereocenters. The highest BCUT2D eigenvalue weighted by Crippen LogP contribution is 2.17. The molecule has 28 heavy (non-hydrogen) atoms. The van der Waals surface area contributed by atoms with E-state index < -0.39 is 21.9 Å². The third-order valence-electron chi connectivity index (χ3n) is 4.27. The molecule has 1 aromatic carbocycles. The Kier molecular flexibility index (Phi) is 6.81. The molecule has 2 rings (SSSR count). The van der Waals surface area contributed by atoms with Crippen molar-refractivity contribution in [3.8, 4) is 0 Å². The smallest absolute Gasteiger partial charge is 0.295 e. The fraction of sp³-hybridized carbons (Fsp3) is 0.350. The van der Waals surface area contributed by atoms with E-state index in [0.29, 0.717) is 24.0 Å². The molecule has 0 aliphatic rings. The normalized spacial score (nSPS) is 11.1. The molecule has 1 heterocycles. The van der Waals surface area contributed by atoms with Gasteiger partial charge < -0.3 is 0 Å². The predicted octanol–water partition coefficient (Wildman–Crippen LogP) is 3.11. The van der Waals surface area contributed by atoms with E-state index >= 15 is 0 Å². The zero-order chi connectivity index (χ0) is 20.8. The van der Waals surface area contributed by atoms with Gasteiger partial charge in [-0.1, -0.05) is 44.2 Å². The van der Waals surface area contributed by atoms with Crippen molar-refractivity contribution in [2.24, 2.45) is 0 Å². The van der Waals surface area contributed by atoms with E-state index in [1.807, 2.05) is 6.92 Å². The van der Waals surface area contributed by atoms with Crippen LogP contribution in [0.4, 0.5) is 5.69 Å². The summed E-state index contributed by atoms with van der Waals surface area (Å²) in [7, 11) is 0. The van der Waals surface area contributed by atoms with Gasteiger partial charge in [-0.25, -0.2) is 4.79 Å². The van der Waals surface area contributed by atoms with E-state index in [-0.39, 0.29) is 24.6 Å². The van der Waals surface area contributed by atoms with Crippen LogP contribution in [0.1, 0.15) is 55.2 Å². The van der Waals surface area contributed by atoms with Crippen LogP contribution in [0.5, 0.6) is 0 Å². The fourth-order valence-electron chi connectivity index (χ4n) is 2.91. The first-order valence-corrected chi connectivity index (χ1v) is 9.12. The van der Waals surface area contributed by atoms with Gasteiger partial charge in [0, 0.05) is 18.7 Å². The molecule has 1 aromatic heterocycles. The molecule has 0 spiro atoms. The minimum atomic E-state index is -0.893. The molecule has 148 valence electrons. The van der Waals surface area contributed by atoms with Gasteiger partial charge in [-0.05, 0) is 31.4 Å². The van der Waals surface area contributed by atoms with Gasteiger partial charge in [0.05, 0.1) is 4.92 Å². The average Bonchev–Trinajstić information content (AvgIpc) is 2.66. The number of nitro groups is 1. The van der Waals surface area contributed by atoms with Crippen molar-refractivity contribution < 1.29 is 9.72 Å². The van der Waals surface area contributed by atoms with Gasteiger partial charge in [-0.2, -0.15) is 0 Å². The highest BCUT2D eigenvalue weighted by Gasteiger charge is 2.25. The van der Waals surface area contributed by atoms with Gasteiger partial charge in [-0.3, -0.25) is 28.8 Å². The van der Waals surface area contributed by atoms with Crippen LogP contribution in [0.2, 0.25) is 0 Å². The van der Waals surface area contributed by atoms with E-state index in [1.165, 1.54) is 17.6 Å². The summed E-state index contributed by atoms with van der Waals surface area (Å²) < 4.78 is 2.20. The van der Waals surface area contributed by atoms with Crippen LogP contribution >= 0.6 is 0 Å². The lowest BCUT2D eigenvalue weighted by Crippen LogP contribution is -2.42. The van der Waals surface area contributed by atoms with Crippen molar-refractivity contribution in [1.29, 1.82) is 0 Å². The molecule has 0 atom stereocenters. The molecule has 0 N–H and O–H groups in total. The van der Waals surface area contributed by atoms with Crippen LogP contribution in [0.25, 0.3) is 12.2 Å². The fourth-order valence-corrected chi connectivity index (χ4v) is 2.91. The number of rotatable bonds is 8. The number of ketones is 1. The molecule has 0 fully saturated rings. The third kappa shape index (κ3) is 4.33. The summed E-state index contributed by atoms with van der Waals surface area (Å²) >= 11 is 0. The predicted molar refractivity (Wildman–Crippen MR) is 108 cm³/mol. The van der Waals surface area contributed by atoms with E-state index in [0.717, 1.165) is 4.57 Å². The Morgan fingerprint density at radius 1 is 1.04 bits per heavy atom. The number of hydrogen-bond acceptors (Lipinski definition) is 5. The second-order valence-electron chi connectivity index (χ2n) is 6.39. The molecule has 0 amide bonds. The van der Waals surface area contributed by atoms with Gasteiger partial charge in [0.2, 0.25) is 0 Å². The van der Waals surface area contributed by atoms with Crippen molar-refractivity contribution in [3.63, 3.8) is 0 Å². The largest absolute Gasteiger partial charge is 0.357 e. The number of nitrogens with zero attached hydrogens (tertiary/aromatic N) is 3. The molecule has 2 aromatic rings. The monoisotopic (exact) mass is 385 g/mol. The van der Waals surface area contributed by atoms with Gasteiger partial charge >= 0.3 is 16.9 Å². The second-order valence-corrected chi connectivity index (χ2v) is 6.39. The molecule has 0 radical (unpaired) electrons. The topological polar surface area (TPSA) is 104 Å². The van der Waals surface area contributed by atoms with Crippen molar-refractivity contribution in [2.45, 2.75) is 46.7 Å². The summed E-state index contributed by atoms with van der Waals surface area (Å²) in [6, 6.07) is 6.68. The lowest BCUT2D eigenvalue weighted by atomic mass is 10.1. The third-order valence-corrected chi connectivity index (χ3v) is 4.27. The minimum absolute atomic E-state index is 0.0233. The van der Waals surface area contributed by atoms with E-state index in [9.17, 15) is 24.5 Å². The van der Waals surface area contributed by atoms with Gasteiger partial charge in [-0.15, -0.1) is 0 Å². The quantitative estimate of drug-likeness (QED) is 0.394. The molecule has 0 aliphatic heterocycles. The number of carbonyl (C=O) groups is 1. The van der Waals surface area contributed by atoms with Crippen molar-refractivity contribution >= 4 is 23.6 Å². The van der Waals surface area contributed by atoms with Gasteiger partial charge in [0.15, 0.2) is 5.78 Å². The Hall–Kier alpha value is -3.29. The van der Waals surface area contributed by atoms with E-state index in [1.54, 1.807) is 37.3 Å². The maximum Gasteiger partial charge on any atom is 0.357 e. The van der Waals surface area contributed by atoms with Crippen LogP contribution in [-0.4, -0.2) is 19.8 Å². The van der Waals surface area contributed by atoms with Crippen LogP contribution in [0, 0.1) is 10.1 Å². The van der Waals surface area contributed by atoms with Crippen LogP contribution in [0.3, 0.4) is 0 Å². The zero-order valence-electron chi connectivity index (χ0n) is 16.2. The van der Waals surface area contributed by atoms with E-state index in [4.69, 9.17) is 0 Å². The number of benzene rings is 1. The summed E-state index contributed by atoms with van der Waals surface area (Å²) in [4.78, 5) is 47.5. The second kappa shape index (κ2) is 9.07. The molecule has 0 bridgehead atoms. The van der Waals surface area contributed by atoms with Crippen molar-refractivity contribution in [2.75, 3.05) is 0 Å². The first kappa shape index (κ1) is 21.0. The van der Waals surface area contributed by atoms with Crippen molar-refractivity contribution in [1.82, 2.24) is 9.13 Å². The Bertz CT molecular complexity index is 1030. The number of hydrogen-bond donors (Lipinski definition) is 0. The first-order valence-electron chi connectivity index (χ1n) is 9.12. The SMILES string of the molecule is CCCn1c(/C=C/c2ccc(C(C)=O)cc2)c([N+](=O)[O-])c(=O)n(CCC)c1=O. The zero-order valence-corrected chi connectivity index (χ0v) is 16.2. The number of carbonyl (C=O) groups excluding carboxylic acids is 1. The molecule has 0 aliphatic carbocycles. The Morgan fingerprint density at radius 3 is 2.11 bits per heavy atom. The lowest BCUT2D eigenvalue weighted by Gasteiger charge is -2.13. The summed E-state index contributed by atoms with van der Waals surface area (Å²) in [5.74, 6) is -0.0671. The molecule has 0 saturated heterocycles. The van der Waals surface area contributed by atoms with Gasteiger partial charge in [0.25, 0.3) is 0 Å². The Balaban J connectivity index is 2.66. The molecule has 0 saturated carbocycles. The molecular formula is C20H23N3O5. The maximum atomic E-state index is 12.7. The van der Waals surface area contributed by atoms with E-state index in [2.05, 4.69) is 0 Å². The standard InChI is InChI=1S/C20H23N3O5/c1-4-12-21-17(11-8-15-6-9-16(10-7-15)14(3)24)18(23(27)28)19(25)22(13-5-2)20(21)26/h6-11H,4-5,12-13H2,1-3H3/b11-8+. The van der Waals surface area contributed by atoms with Crippen molar-refractivity contribution in [3.05, 3.63) is 72.0 Å². The van der Waals surface area contributed by atoms with Crippen LogP contribution < -0.4 is 11.2 Å². The minimum Gasteiger partial charge on any atom is -0.295 e. The highest BCUT2D eigenvalue weighted by molar-refractivity contribution is 5.94. The maximum absolute atomic E-state index is 12.7. The van der Waals surface area contributed by atoms with Crippen LogP contribution in [0.15, 0.2) is 33.9 Å². The van der Waals surface area contributed by atoms with Gasteiger partial charge in [0.1, 0.15) is 5.69 Å². The highest BCUT2D eigenvalue weighted by atomic mass is 16.6. The summed E-state index contributed by atoms with van der Waals surface area (Å²) in [6.07, 6.45) is 4.09. The summed E-state index contributed by atoms with van der Waals surface area (Å²) in [6.45, 7) is 5.48.